The molecule has 1 aromatic rings. The van der Waals surface area contributed by atoms with Crippen molar-refractivity contribution in [2.75, 3.05) is 6.54 Å². The van der Waals surface area contributed by atoms with Crippen molar-refractivity contribution in [1.29, 1.82) is 0 Å². The molecule has 1 nitrogen and oxygen atoms in total. The summed E-state index contributed by atoms with van der Waals surface area (Å²) in [7, 11) is 0. The maximum Gasteiger partial charge on any atom is 0.0479 e. The van der Waals surface area contributed by atoms with Crippen LogP contribution in [0.2, 0.25) is 10.0 Å². The second kappa shape index (κ2) is 5.22. The van der Waals surface area contributed by atoms with Crippen molar-refractivity contribution < 1.29 is 0 Å². The molecule has 0 aromatic heterocycles. The lowest BCUT2D eigenvalue weighted by Crippen LogP contribution is -2.18. The third kappa shape index (κ3) is 3.51. The maximum absolute atomic E-state index is 6.09. The summed E-state index contributed by atoms with van der Waals surface area (Å²) in [5, 5.41) is 4.93. The van der Waals surface area contributed by atoms with Crippen molar-refractivity contribution in [1.82, 2.24) is 5.32 Å². The van der Waals surface area contributed by atoms with Gasteiger partial charge in [0.15, 0.2) is 0 Å². The summed E-state index contributed by atoms with van der Waals surface area (Å²) in [4.78, 5) is 0. The second-order valence-corrected chi connectivity index (χ2v) is 5.16. The van der Waals surface area contributed by atoms with Crippen LogP contribution in [0.15, 0.2) is 23.8 Å². The highest BCUT2D eigenvalue weighted by atomic mass is 35.5. The van der Waals surface area contributed by atoms with E-state index < -0.39 is 0 Å². The molecule has 1 saturated carbocycles. The van der Waals surface area contributed by atoms with Gasteiger partial charge in [0.05, 0.1) is 0 Å². The monoisotopic (exact) mass is 255 g/mol. The van der Waals surface area contributed by atoms with Crippen LogP contribution < -0.4 is 5.32 Å². The number of rotatable bonds is 4. The molecular weight excluding hydrogens is 241 g/mol. The third-order valence-corrected chi connectivity index (χ3v) is 3.19. The first-order valence-corrected chi connectivity index (χ1v) is 6.26. The first-order valence-electron chi connectivity index (χ1n) is 5.51. The number of hydrogen-bond acceptors (Lipinski definition) is 1. The van der Waals surface area contributed by atoms with Crippen LogP contribution in [0.25, 0.3) is 6.08 Å². The number of hydrogen-bond donors (Lipinski definition) is 1. The molecule has 1 aromatic carbocycles. The SMILES string of the molecule is C/C(=C/c1cc(Cl)ccc1Cl)CNC1CC1. The van der Waals surface area contributed by atoms with Gasteiger partial charge in [0.25, 0.3) is 0 Å². The Morgan fingerprint density at radius 1 is 1.44 bits per heavy atom. The molecule has 1 aliphatic rings. The van der Waals surface area contributed by atoms with Gasteiger partial charge in [-0.3, -0.25) is 0 Å². The molecule has 0 atom stereocenters. The molecule has 1 N–H and O–H groups in total. The molecule has 86 valence electrons. The van der Waals surface area contributed by atoms with Crippen molar-refractivity contribution in [3.63, 3.8) is 0 Å². The van der Waals surface area contributed by atoms with Gasteiger partial charge in [0.1, 0.15) is 0 Å². The van der Waals surface area contributed by atoms with Crippen molar-refractivity contribution in [3.05, 3.63) is 39.4 Å². The van der Waals surface area contributed by atoms with Crippen LogP contribution >= 0.6 is 23.2 Å². The minimum Gasteiger partial charge on any atom is -0.310 e. The topological polar surface area (TPSA) is 12.0 Å². The standard InChI is InChI=1S/C13H15Cl2N/c1-9(8-16-12-3-4-12)6-10-7-11(14)2-5-13(10)15/h2,5-7,12,16H,3-4,8H2,1H3/b9-6-. The van der Waals surface area contributed by atoms with Crippen LogP contribution in [0.5, 0.6) is 0 Å². The maximum atomic E-state index is 6.09. The summed E-state index contributed by atoms with van der Waals surface area (Å²) in [6.07, 6.45) is 4.71. The van der Waals surface area contributed by atoms with Crippen LogP contribution in [0.3, 0.4) is 0 Å². The minimum absolute atomic E-state index is 0.721. The first kappa shape index (κ1) is 12.0. The molecule has 0 saturated heterocycles. The minimum atomic E-state index is 0.721. The van der Waals surface area contributed by atoms with Gasteiger partial charge in [0.2, 0.25) is 0 Å². The van der Waals surface area contributed by atoms with Gasteiger partial charge in [-0.2, -0.15) is 0 Å². The Kier molecular flexibility index (Phi) is 3.91. The Morgan fingerprint density at radius 2 is 2.19 bits per heavy atom. The average Bonchev–Trinajstić information content (AvgIpc) is 3.04. The zero-order valence-electron chi connectivity index (χ0n) is 9.26. The lowest BCUT2D eigenvalue weighted by molar-refractivity contribution is 0.736. The van der Waals surface area contributed by atoms with Crippen LogP contribution in [-0.2, 0) is 0 Å². The Labute approximate surface area is 106 Å². The molecule has 0 radical (unpaired) electrons. The molecule has 0 amide bonds. The molecule has 0 aliphatic heterocycles. The van der Waals surface area contributed by atoms with Gasteiger partial charge in [-0.05, 0) is 43.5 Å². The predicted octanol–water partition coefficient (Wildman–Crippen LogP) is 4.15. The van der Waals surface area contributed by atoms with Crippen LogP contribution in [0.1, 0.15) is 25.3 Å². The van der Waals surface area contributed by atoms with Crippen molar-refractivity contribution in [3.8, 4) is 0 Å². The lowest BCUT2D eigenvalue weighted by Gasteiger charge is -2.04. The fraction of sp³-hybridized carbons (Fsp3) is 0.385. The van der Waals surface area contributed by atoms with E-state index in [-0.39, 0.29) is 0 Å². The molecular formula is C13H15Cl2N. The molecule has 0 unspecified atom stereocenters. The van der Waals surface area contributed by atoms with Gasteiger partial charge in [-0.25, -0.2) is 0 Å². The van der Waals surface area contributed by atoms with Crippen molar-refractivity contribution >= 4 is 29.3 Å². The summed E-state index contributed by atoms with van der Waals surface area (Å²) >= 11 is 12.0. The number of benzene rings is 1. The highest BCUT2D eigenvalue weighted by Gasteiger charge is 2.19. The van der Waals surface area contributed by atoms with E-state index in [2.05, 4.69) is 18.3 Å². The highest BCUT2D eigenvalue weighted by molar-refractivity contribution is 6.34. The number of halogens is 2. The van der Waals surface area contributed by atoms with E-state index in [1.165, 1.54) is 18.4 Å². The van der Waals surface area contributed by atoms with Crippen molar-refractivity contribution in [2.45, 2.75) is 25.8 Å². The molecule has 1 aliphatic carbocycles. The summed E-state index contributed by atoms with van der Waals surface area (Å²) in [6, 6.07) is 6.26. The molecule has 0 spiro atoms. The Balaban J connectivity index is 2.04. The lowest BCUT2D eigenvalue weighted by atomic mass is 10.1. The predicted molar refractivity (Wildman–Crippen MR) is 71.1 cm³/mol. The Bertz CT molecular complexity index is 408. The van der Waals surface area contributed by atoms with E-state index in [0.29, 0.717) is 0 Å². The van der Waals surface area contributed by atoms with Crippen LogP contribution in [0, 0.1) is 0 Å². The summed E-state index contributed by atoms with van der Waals surface area (Å²) in [6.45, 7) is 3.03. The fourth-order valence-electron chi connectivity index (χ4n) is 1.53. The zero-order valence-corrected chi connectivity index (χ0v) is 10.8. The van der Waals surface area contributed by atoms with E-state index in [1.807, 2.05) is 12.1 Å². The number of nitrogens with one attached hydrogen (secondary N) is 1. The normalized spacial score (nSPS) is 16.6. The van der Waals surface area contributed by atoms with Crippen LogP contribution in [0.4, 0.5) is 0 Å². The van der Waals surface area contributed by atoms with Gasteiger partial charge in [-0.15, -0.1) is 0 Å². The van der Waals surface area contributed by atoms with Gasteiger partial charge < -0.3 is 5.32 Å². The molecule has 16 heavy (non-hydrogen) atoms. The van der Waals surface area contributed by atoms with E-state index in [9.17, 15) is 0 Å². The van der Waals surface area contributed by atoms with Gasteiger partial charge in [0, 0.05) is 22.6 Å². The molecule has 0 heterocycles. The highest BCUT2D eigenvalue weighted by Crippen LogP contribution is 2.23. The first-order chi connectivity index (χ1) is 7.65. The van der Waals surface area contributed by atoms with Crippen molar-refractivity contribution in [2.24, 2.45) is 0 Å². The van der Waals surface area contributed by atoms with E-state index in [1.54, 1.807) is 6.07 Å². The summed E-state index contributed by atoms with van der Waals surface area (Å²) < 4.78 is 0. The van der Waals surface area contributed by atoms with E-state index >= 15 is 0 Å². The summed E-state index contributed by atoms with van der Waals surface area (Å²) in [5.41, 5.74) is 2.26. The Morgan fingerprint density at radius 3 is 2.88 bits per heavy atom. The molecule has 0 bridgehead atoms. The molecule has 3 heteroatoms. The smallest absolute Gasteiger partial charge is 0.0479 e. The molecule has 2 rings (SSSR count). The fourth-order valence-corrected chi connectivity index (χ4v) is 1.89. The van der Waals surface area contributed by atoms with Crippen LogP contribution in [-0.4, -0.2) is 12.6 Å². The zero-order chi connectivity index (χ0) is 11.5. The quantitative estimate of drug-likeness (QED) is 0.853. The largest absolute Gasteiger partial charge is 0.310 e. The van der Waals surface area contributed by atoms with Gasteiger partial charge >= 0.3 is 0 Å². The average molecular weight is 256 g/mol. The van der Waals surface area contributed by atoms with E-state index in [0.717, 1.165) is 28.2 Å². The van der Waals surface area contributed by atoms with Gasteiger partial charge in [-0.1, -0.05) is 34.9 Å². The summed E-state index contributed by atoms with van der Waals surface area (Å²) in [5.74, 6) is 0. The third-order valence-electron chi connectivity index (χ3n) is 2.61. The Hall–Kier alpha value is -0.500. The molecule has 1 fully saturated rings. The second-order valence-electron chi connectivity index (χ2n) is 4.31. The van der Waals surface area contributed by atoms with E-state index in [4.69, 9.17) is 23.2 Å².